The number of carboxylic acids is 1. The largest absolute Gasteiger partial charge is 0.497 e. The summed E-state index contributed by atoms with van der Waals surface area (Å²) in [4.78, 5) is 11.6. The Labute approximate surface area is 146 Å². The summed E-state index contributed by atoms with van der Waals surface area (Å²) in [7, 11) is -2.16. The van der Waals surface area contributed by atoms with Crippen LogP contribution in [0.15, 0.2) is 59.5 Å². The topological polar surface area (TPSA) is 92.7 Å². The average molecular weight is 361 g/mol. The molecule has 1 saturated heterocycles. The molecule has 0 aromatic heterocycles. The van der Waals surface area contributed by atoms with Crippen LogP contribution in [0, 0.1) is 0 Å². The van der Waals surface area contributed by atoms with E-state index in [0.717, 1.165) is 0 Å². The van der Waals surface area contributed by atoms with E-state index in [1.807, 2.05) is 0 Å². The second kappa shape index (κ2) is 6.85. The van der Waals surface area contributed by atoms with Gasteiger partial charge in [-0.3, -0.25) is 10.1 Å². The molecule has 1 aliphatic heterocycles. The maximum Gasteiger partial charge on any atom is 0.320 e. The van der Waals surface area contributed by atoms with E-state index >= 15 is 0 Å². The highest BCUT2D eigenvalue weighted by Gasteiger charge is 2.45. The number of hydrogen-bond acceptors (Lipinski definition) is 5. The fraction of sp³-hybridized carbons (Fsp3) is 0.278. The molecule has 1 heterocycles. The number of methoxy groups -OCH3 is 1. The van der Waals surface area contributed by atoms with Crippen molar-refractivity contribution in [3.63, 3.8) is 0 Å². The Bertz CT molecular complexity index is 866. The fourth-order valence-corrected chi connectivity index (χ4v) is 5.10. The molecule has 0 aliphatic carbocycles. The molecule has 0 saturated carbocycles. The molecule has 0 amide bonds. The van der Waals surface area contributed by atoms with Gasteiger partial charge in [0.05, 0.1) is 23.3 Å². The highest BCUT2D eigenvalue weighted by atomic mass is 32.2. The highest BCUT2D eigenvalue weighted by Crippen LogP contribution is 2.36. The lowest BCUT2D eigenvalue weighted by molar-refractivity contribution is -0.139. The van der Waals surface area contributed by atoms with Crippen molar-refractivity contribution in [3.05, 3.63) is 60.2 Å². The Balaban J connectivity index is 2.03. The normalized spacial score (nSPS) is 23.3. The molecule has 2 aromatic rings. The monoisotopic (exact) mass is 361 g/mol. The van der Waals surface area contributed by atoms with Crippen LogP contribution in [0.3, 0.4) is 0 Å². The average Bonchev–Trinajstić information content (AvgIpc) is 3.09. The Kier molecular flexibility index (Phi) is 4.78. The predicted octanol–water partition coefficient (Wildman–Crippen LogP) is 2.03. The van der Waals surface area contributed by atoms with Crippen LogP contribution in [0.4, 0.5) is 0 Å². The van der Waals surface area contributed by atoms with Crippen molar-refractivity contribution >= 4 is 15.8 Å². The summed E-state index contributed by atoms with van der Waals surface area (Å²) in [5.41, 5.74) is 0.688. The fourth-order valence-electron chi connectivity index (χ4n) is 3.17. The minimum absolute atomic E-state index is 0.00837. The quantitative estimate of drug-likeness (QED) is 0.846. The van der Waals surface area contributed by atoms with Gasteiger partial charge in [0.1, 0.15) is 11.8 Å². The molecule has 132 valence electrons. The predicted molar refractivity (Wildman–Crippen MR) is 92.3 cm³/mol. The molecule has 6 nitrogen and oxygen atoms in total. The van der Waals surface area contributed by atoms with Crippen LogP contribution < -0.4 is 10.1 Å². The first-order valence-electron chi connectivity index (χ1n) is 7.85. The maximum absolute atomic E-state index is 13.1. The molecule has 0 unspecified atom stereocenters. The van der Waals surface area contributed by atoms with E-state index in [9.17, 15) is 18.3 Å². The zero-order chi connectivity index (χ0) is 18.0. The van der Waals surface area contributed by atoms with Crippen molar-refractivity contribution in [1.82, 2.24) is 5.32 Å². The van der Waals surface area contributed by atoms with Crippen LogP contribution in [0.2, 0.25) is 0 Å². The summed E-state index contributed by atoms with van der Waals surface area (Å²) in [6, 6.07) is 13.6. The van der Waals surface area contributed by atoms with Gasteiger partial charge < -0.3 is 9.84 Å². The van der Waals surface area contributed by atoms with E-state index in [0.29, 0.717) is 11.3 Å². The van der Waals surface area contributed by atoms with Crippen molar-refractivity contribution in [1.29, 1.82) is 0 Å². The minimum atomic E-state index is -3.69. The molecule has 1 aliphatic rings. The third kappa shape index (κ3) is 3.38. The molecule has 25 heavy (non-hydrogen) atoms. The molecular weight excluding hydrogens is 342 g/mol. The van der Waals surface area contributed by atoms with Crippen molar-refractivity contribution in [3.8, 4) is 5.75 Å². The van der Waals surface area contributed by atoms with Crippen LogP contribution in [0.5, 0.6) is 5.75 Å². The summed E-state index contributed by atoms with van der Waals surface area (Å²) >= 11 is 0. The third-order valence-corrected chi connectivity index (χ3v) is 6.63. The number of hydrogen-bond donors (Lipinski definition) is 2. The van der Waals surface area contributed by atoms with Gasteiger partial charge in [0.2, 0.25) is 0 Å². The summed E-state index contributed by atoms with van der Waals surface area (Å²) in [6.45, 7) is 0. The summed E-state index contributed by atoms with van der Waals surface area (Å²) in [5.74, 6) is -0.465. The number of carboxylic acid groups (broad SMARTS) is 1. The Morgan fingerprint density at radius 1 is 1.16 bits per heavy atom. The Morgan fingerprint density at radius 3 is 2.52 bits per heavy atom. The molecule has 0 spiro atoms. The number of carbonyl (C=O) groups is 1. The number of rotatable bonds is 5. The van der Waals surface area contributed by atoms with Gasteiger partial charge in [-0.2, -0.15) is 0 Å². The van der Waals surface area contributed by atoms with E-state index in [-0.39, 0.29) is 11.3 Å². The SMILES string of the molecule is COc1cccc([C@H]2N[C@@H](C(=O)O)C[C@@H]2S(=O)(=O)c2ccccc2)c1. The lowest BCUT2D eigenvalue weighted by Gasteiger charge is -2.21. The van der Waals surface area contributed by atoms with E-state index in [2.05, 4.69) is 5.32 Å². The molecule has 3 atom stereocenters. The third-order valence-electron chi connectivity index (χ3n) is 4.44. The van der Waals surface area contributed by atoms with Gasteiger partial charge in [0.15, 0.2) is 9.84 Å². The first kappa shape index (κ1) is 17.4. The second-order valence-corrected chi connectivity index (χ2v) is 8.11. The first-order chi connectivity index (χ1) is 11.9. The van der Waals surface area contributed by atoms with Crippen LogP contribution in [0.25, 0.3) is 0 Å². The van der Waals surface area contributed by atoms with Crippen molar-refractivity contribution in [2.45, 2.75) is 28.6 Å². The zero-order valence-electron chi connectivity index (χ0n) is 13.6. The minimum Gasteiger partial charge on any atom is -0.497 e. The van der Waals surface area contributed by atoms with E-state index in [4.69, 9.17) is 4.74 Å². The highest BCUT2D eigenvalue weighted by molar-refractivity contribution is 7.92. The van der Waals surface area contributed by atoms with E-state index < -0.39 is 33.1 Å². The number of benzene rings is 2. The number of nitrogens with one attached hydrogen (secondary N) is 1. The zero-order valence-corrected chi connectivity index (χ0v) is 14.4. The molecule has 3 rings (SSSR count). The molecule has 2 N–H and O–H groups in total. The lowest BCUT2D eigenvalue weighted by atomic mass is 10.0. The van der Waals surface area contributed by atoms with Crippen LogP contribution in [-0.2, 0) is 14.6 Å². The first-order valence-corrected chi connectivity index (χ1v) is 9.40. The van der Waals surface area contributed by atoms with Gasteiger partial charge in [-0.1, -0.05) is 30.3 Å². The van der Waals surface area contributed by atoms with Gasteiger partial charge >= 0.3 is 5.97 Å². The number of aliphatic carboxylic acids is 1. The molecular formula is C18H19NO5S. The van der Waals surface area contributed by atoms with Crippen molar-refractivity contribution in [2.24, 2.45) is 0 Å². The van der Waals surface area contributed by atoms with Gasteiger partial charge in [0, 0.05) is 0 Å². The Morgan fingerprint density at radius 2 is 1.88 bits per heavy atom. The van der Waals surface area contributed by atoms with Gasteiger partial charge in [-0.05, 0) is 36.2 Å². The standard InChI is InChI=1S/C18H19NO5S/c1-24-13-7-5-6-12(10-13)17-16(11-15(19-17)18(20)21)25(22,23)14-8-3-2-4-9-14/h2-10,15-17,19H,11H2,1H3,(H,20,21)/t15-,16+,17-/m1/s1. The lowest BCUT2D eigenvalue weighted by Crippen LogP contribution is -2.32. The van der Waals surface area contributed by atoms with Crippen molar-refractivity contribution in [2.75, 3.05) is 7.11 Å². The van der Waals surface area contributed by atoms with E-state index in [1.54, 1.807) is 42.5 Å². The Hall–Kier alpha value is -2.38. The van der Waals surface area contributed by atoms with E-state index in [1.165, 1.54) is 19.2 Å². The molecule has 0 radical (unpaired) electrons. The number of ether oxygens (including phenoxy) is 1. The van der Waals surface area contributed by atoms with Crippen molar-refractivity contribution < 1.29 is 23.1 Å². The molecule has 0 bridgehead atoms. The summed E-state index contributed by atoms with van der Waals surface area (Å²) in [6.07, 6.45) is 0.00837. The maximum atomic E-state index is 13.1. The summed E-state index contributed by atoms with van der Waals surface area (Å²) < 4.78 is 31.4. The van der Waals surface area contributed by atoms with Gasteiger partial charge in [0.25, 0.3) is 0 Å². The van der Waals surface area contributed by atoms with Crippen LogP contribution >= 0.6 is 0 Å². The van der Waals surface area contributed by atoms with Gasteiger partial charge in [-0.15, -0.1) is 0 Å². The van der Waals surface area contributed by atoms with Gasteiger partial charge in [-0.25, -0.2) is 8.42 Å². The molecule has 1 fully saturated rings. The smallest absolute Gasteiger partial charge is 0.320 e. The second-order valence-electron chi connectivity index (χ2n) is 5.94. The molecule has 7 heteroatoms. The summed E-state index contributed by atoms with van der Waals surface area (Å²) in [5, 5.41) is 11.4. The van der Waals surface area contributed by atoms with Crippen LogP contribution in [-0.4, -0.2) is 37.9 Å². The molecule has 2 aromatic carbocycles. The van der Waals surface area contributed by atoms with Crippen LogP contribution in [0.1, 0.15) is 18.0 Å². The number of sulfone groups is 1.